The molecule has 0 aromatic heterocycles. The molecule has 0 atom stereocenters. The molecule has 0 aromatic rings. The highest BCUT2D eigenvalue weighted by atomic mass is 27.0. The summed E-state index contributed by atoms with van der Waals surface area (Å²) in [6.07, 6.45) is 22.3. The van der Waals surface area contributed by atoms with Crippen LogP contribution in [0, 0.1) is 0 Å². The highest BCUT2D eigenvalue weighted by molar-refractivity contribution is 5.94. The quantitative estimate of drug-likeness (QED) is 0.0941. The van der Waals surface area contributed by atoms with Crippen molar-refractivity contribution in [2.75, 3.05) is 6.61 Å². The SMILES string of the molecule is CCCCCCCCC=CCCCCCCCCOC(=O)CC(C)=O.[Al]. The zero-order valence-electron chi connectivity index (χ0n) is 17.3. The van der Waals surface area contributed by atoms with Crippen molar-refractivity contribution < 1.29 is 14.3 Å². The molecule has 0 saturated carbocycles. The number of hydrogen-bond donors (Lipinski definition) is 0. The maximum absolute atomic E-state index is 11.2. The molecule has 0 aliphatic heterocycles. The Labute approximate surface area is 172 Å². The van der Waals surface area contributed by atoms with Crippen LogP contribution in [0.4, 0.5) is 0 Å². The van der Waals surface area contributed by atoms with Crippen molar-refractivity contribution >= 4 is 29.1 Å². The molecule has 4 heteroatoms. The molecule has 0 fully saturated rings. The van der Waals surface area contributed by atoms with E-state index < -0.39 is 0 Å². The summed E-state index contributed by atoms with van der Waals surface area (Å²) in [6, 6.07) is 0. The van der Waals surface area contributed by atoms with Gasteiger partial charge in [0.1, 0.15) is 12.2 Å². The van der Waals surface area contributed by atoms with Gasteiger partial charge in [-0.05, 0) is 39.0 Å². The van der Waals surface area contributed by atoms with E-state index in [0.717, 1.165) is 12.8 Å². The lowest BCUT2D eigenvalue weighted by Gasteiger charge is -2.03. The van der Waals surface area contributed by atoms with Gasteiger partial charge in [-0.1, -0.05) is 76.9 Å². The van der Waals surface area contributed by atoms with Crippen LogP contribution in [0.15, 0.2) is 12.2 Å². The molecular weight excluding hydrogens is 339 g/mol. The minimum absolute atomic E-state index is 0. The molecule has 0 amide bonds. The monoisotopic (exact) mass is 379 g/mol. The minimum Gasteiger partial charge on any atom is -0.465 e. The van der Waals surface area contributed by atoms with Crippen LogP contribution < -0.4 is 0 Å². The van der Waals surface area contributed by atoms with Gasteiger partial charge in [-0.3, -0.25) is 9.59 Å². The first kappa shape index (κ1) is 27.6. The number of allylic oxidation sites excluding steroid dienone is 2. The summed E-state index contributed by atoms with van der Waals surface area (Å²) in [6.45, 7) is 4.12. The van der Waals surface area contributed by atoms with E-state index in [2.05, 4.69) is 19.1 Å². The molecule has 0 rings (SSSR count). The van der Waals surface area contributed by atoms with Gasteiger partial charge in [-0.15, -0.1) is 0 Å². The van der Waals surface area contributed by atoms with Gasteiger partial charge < -0.3 is 4.74 Å². The van der Waals surface area contributed by atoms with Crippen molar-refractivity contribution in [3.8, 4) is 0 Å². The summed E-state index contributed by atoms with van der Waals surface area (Å²) < 4.78 is 5.00. The Balaban J connectivity index is 0. The van der Waals surface area contributed by atoms with Crippen LogP contribution in [-0.4, -0.2) is 35.7 Å². The summed E-state index contributed by atoms with van der Waals surface area (Å²) in [5, 5.41) is 0. The number of ketones is 1. The summed E-state index contributed by atoms with van der Waals surface area (Å²) in [7, 11) is 0. The van der Waals surface area contributed by atoms with Crippen molar-refractivity contribution in [2.24, 2.45) is 0 Å². The van der Waals surface area contributed by atoms with E-state index in [4.69, 9.17) is 4.74 Å². The Kier molecular flexibility index (Phi) is 23.9. The molecule has 26 heavy (non-hydrogen) atoms. The minimum atomic E-state index is -0.389. The second kappa shape index (κ2) is 22.5. The molecule has 0 heterocycles. The third-order valence-corrected chi connectivity index (χ3v) is 4.31. The summed E-state index contributed by atoms with van der Waals surface area (Å²) in [4.78, 5) is 21.9. The Hall–Kier alpha value is -0.588. The van der Waals surface area contributed by atoms with Crippen molar-refractivity contribution in [1.82, 2.24) is 0 Å². The molecule has 149 valence electrons. The van der Waals surface area contributed by atoms with Crippen LogP contribution in [-0.2, 0) is 14.3 Å². The normalized spacial score (nSPS) is 10.7. The maximum atomic E-state index is 11.2. The fourth-order valence-corrected chi connectivity index (χ4v) is 2.79. The van der Waals surface area contributed by atoms with E-state index >= 15 is 0 Å². The molecule has 0 N–H and O–H groups in total. The van der Waals surface area contributed by atoms with Crippen LogP contribution in [0.3, 0.4) is 0 Å². The Morgan fingerprint density at radius 1 is 0.731 bits per heavy atom. The third-order valence-electron chi connectivity index (χ3n) is 4.31. The second-order valence-corrected chi connectivity index (χ2v) is 7.04. The first-order chi connectivity index (χ1) is 12.2. The highest BCUT2D eigenvalue weighted by Crippen LogP contribution is 2.10. The van der Waals surface area contributed by atoms with E-state index in [9.17, 15) is 9.59 Å². The molecule has 0 aliphatic rings. The maximum Gasteiger partial charge on any atom is 0.313 e. The molecule has 0 aliphatic carbocycles. The number of unbranched alkanes of at least 4 members (excludes halogenated alkanes) is 12. The highest BCUT2D eigenvalue weighted by Gasteiger charge is 2.05. The predicted octanol–water partition coefficient (Wildman–Crippen LogP) is 6.17. The van der Waals surface area contributed by atoms with E-state index in [1.807, 2.05) is 0 Å². The predicted molar refractivity (Wildman–Crippen MR) is 111 cm³/mol. The van der Waals surface area contributed by atoms with Gasteiger partial charge >= 0.3 is 5.97 Å². The molecule has 0 unspecified atom stereocenters. The smallest absolute Gasteiger partial charge is 0.313 e. The van der Waals surface area contributed by atoms with E-state index in [1.54, 1.807) is 0 Å². The number of carbonyl (C=O) groups excluding carboxylic acids is 2. The Morgan fingerprint density at radius 3 is 1.69 bits per heavy atom. The summed E-state index contributed by atoms with van der Waals surface area (Å²) >= 11 is 0. The lowest BCUT2D eigenvalue weighted by atomic mass is 10.1. The van der Waals surface area contributed by atoms with Crippen molar-refractivity contribution in [3.05, 3.63) is 12.2 Å². The number of hydrogen-bond acceptors (Lipinski definition) is 3. The summed E-state index contributed by atoms with van der Waals surface area (Å²) in [5.74, 6) is -0.522. The Morgan fingerprint density at radius 2 is 1.19 bits per heavy atom. The van der Waals surface area contributed by atoms with Crippen molar-refractivity contribution in [1.29, 1.82) is 0 Å². The molecule has 3 radical (unpaired) electrons. The van der Waals surface area contributed by atoms with E-state index in [0.29, 0.717) is 6.61 Å². The fraction of sp³-hybridized carbons (Fsp3) is 0.818. The third kappa shape index (κ3) is 23.4. The zero-order valence-corrected chi connectivity index (χ0v) is 18.4. The first-order valence-electron chi connectivity index (χ1n) is 10.5. The van der Waals surface area contributed by atoms with Crippen LogP contribution >= 0.6 is 0 Å². The number of ether oxygens (including phenoxy) is 1. The van der Waals surface area contributed by atoms with Crippen LogP contribution in [0.2, 0.25) is 0 Å². The fourth-order valence-electron chi connectivity index (χ4n) is 2.79. The van der Waals surface area contributed by atoms with Crippen molar-refractivity contribution in [2.45, 2.75) is 110 Å². The number of esters is 1. The number of carbonyl (C=O) groups is 2. The molecule has 0 bridgehead atoms. The van der Waals surface area contributed by atoms with Crippen LogP contribution in [0.25, 0.3) is 0 Å². The lowest BCUT2D eigenvalue weighted by Crippen LogP contribution is -2.09. The van der Waals surface area contributed by atoms with Crippen LogP contribution in [0.5, 0.6) is 0 Å². The summed E-state index contributed by atoms with van der Waals surface area (Å²) in [5.41, 5.74) is 0. The van der Waals surface area contributed by atoms with Gasteiger partial charge in [0.2, 0.25) is 0 Å². The molecular formula is C22H40AlO3. The van der Waals surface area contributed by atoms with Gasteiger partial charge in [0.25, 0.3) is 0 Å². The van der Waals surface area contributed by atoms with Gasteiger partial charge in [-0.2, -0.15) is 0 Å². The average molecular weight is 380 g/mol. The van der Waals surface area contributed by atoms with Crippen molar-refractivity contribution in [3.63, 3.8) is 0 Å². The molecule has 0 spiro atoms. The van der Waals surface area contributed by atoms with Gasteiger partial charge in [0.15, 0.2) is 0 Å². The molecule has 0 aromatic carbocycles. The second-order valence-electron chi connectivity index (χ2n) is 7.04. The Bertz CT molecular complexity index is 353. The van der Waals surface area contributed by atoms with E-state index in [-0.39, 0.29) is 35.5 Å². The van der Waals surface area contributed by atoms with Gasteiger partial charge in [0, 0.05) is 17.4 Å². The largest absolute Gasteiger partial charge is 0.465 e. The van der Waals surface area contributed by atoms with Crippen LogP contribution in [0.1, 0.15) is 110 Å². The molecule has 0 saturated heterocycles. The number of rotatable bonds is 18. The first-order valence-corrected chi connectivity index (χ1v) is 10.5. The topological polar surface area (TPSA) is 43.4 Å². The zero-order chi connectivity index (χ0) is 18.6. The molecule has 3 nitrogen and oxygen atoms in total. The number of Topliss-reactive ketones (excluding diaryl/α,β-unsaturated/α-hetero) is 1. The lowest BCUT2D eigenvalue weighted by molar-refractivity contribution is -0.145. The standard InChI is InChI=1S/C22H40O3.Al/c1-3-4-5-6-7-8-9-10-11-12-13-14-15-16-17-18-19-25-22(24)20-21(2)23;/h10-11H,3-9,12-20H2,1-2H3;. The van der Waals surface area contributed by atoms with E-state index in [1.165, 1.54) is 84.0 Å². The average Bonchev–Trinajstić information content (AvgIpc) is 2.57. The van der Waals surface area contributed by atoms with Gasteiger partial charge in [-0.25, -0.2) is 0 Å². The van der Waals surface area contributed by atoms with Gasteiger partial charge in [0.05, 0.1) is 6.61 Å².